The maximum Gasteiger partial charge on any atom is 0.285 e. The van der Waals surface area contributed by atoms with Gasteiger partial charge in [0.1, 0.15) is 0 Å². The first kappa shape index (κ1) is 22.9. The Morgan fingerprint density at radius 3 is 1.36 bits per heavy atom. The van der Waals surface area contributed by atoms with Crippen LogP contribution in [0.5, 0.6) is 0 Å². The molecular weight excluding hydrogens is 372 g/mol. The number of hydroxylamine groups is 4. The van der Waals surface area contributed by atoms with Gasteiger partial charge in [0.05, 0.1) is 26.4 Å². The number of nitrogens with zero attached hydrogens (tertiary/aromatic N) is 2. The van der Waals surface area contributed by atoms with E-state index in [2.05, 4.69) is 13.2 Å². The van der Waals surface area contributed by atoms with Crippen molar-refractivity contribution in [2.24, 2.45) is 0 Å². The van der Waals surface area contributed by atoms with E-state index in [1.807, 2.05) is 0 Å². The molecule has 0 aromatic heterocycles. The van der Waals surface area contributed by atoms with Gasteiger partial charge in [-0.2, -0.15) is 0 Å². The molecule has 10 nitrogen and oxygen atoms in total. The largest absolute Gasteiger partial charge is 0.394 e. The minimum atomic E-state index is -0.840. The van der Waals surface area contributed by atoms with E-state index in [1.165, 1.54) is 24.3 Å². The van der Waals surface area contributed by atoms with Crippen LogP contribution >= 0.6 is 0 Å². The first-order valence-corrected chi connectivity index (χ1v) is 8.00. The minimum Gasteiger partial charge on any atom is -0.394 e. The maximum atomic E-state index is 12.4. The Morgan fingerprint density at radius 1 is 0.786 bits per heavy atom. The molecule has 0 aliphatic heterocycles. The number of imide groups is 2. The predicted molar refractivity (Wildman–Crippen MR) is 95.3 cm³/mol. The molecule has 0 heterocycles. The lowest BCUT2D eigenvalue weighted by Crippen LogP contribution is -2.37. The zero-order valence-corrected chi connectivity index (χ0v) is 14.9. The van der Waals surface area contributed by atoms with Crippen LogP contribution in [0.2, 0.25) is 0 Å². The fourth-order valence-corrected chi connectivity index (χ4v) is 1.86. The van der Waals surface area contributed by atoms with Crippen LogP contribution in [-0.4, -0.2) is 70.4 Å². The van der Waals surface area contributed by atoms with Gasteiger partial charge in [0, 0.05) is 11.1 Å². The second-order valence-corrected chi connectivity index (χ2v) is 4.97. The Hall–Kier alpha value is -3.18. The van der Waals surface area contributed by atoms with Crippen molar-refractivity contribution in [2.75, 3.05) is 26.4 Å². The lowest BCUT2D eigenvalue weighted by molar-refractivity contribution is -0.167. The molecule has 0 atom stereocenters. The van der Waals surface area contributed by atoms with Crippen molar-refractivity contribution in [2.45, 2.75) is 0 Å². The summed E-state index contributed by atoms with van der Waals surface area (Å²) in [6.07, 6.45) is 1.73. The van der Waals surface area contributed by atoms with Crippen molar-refractivity contribution in [3.8, 4) is 0 Å². The Kier molecular flexibility index (Phi) is 9.40. The van der Waals surface area contributed by atoms with Crippen LogP contribution in [0.25, 0.3) is 0 Å². The molecular formula is C18H20N2O8. The number of aliphatic hydroxyl groups is 2. The van der Waals surface area contributed by atoms with Crippen LogP contribution < -0.4 is 0 Å². The molecule has 150 valence electrons. The van der Waals surface area contributed by atoms with Crippen molar-refractivity contribution in [1.82, 2.24) is 10.1 Å². The zero-order chi connectivity index (χ0) is 21.1. The zero-order valence-electron chi connectivity index (χ0n) is 14.9. The summed E-state index contributed by atoms with van der Waals surface area (Å²) in [4.78, 5) is 58.1. The van der Waals surface area contributed by atoms with Crippen molar-refractivity contribution in [3.63, 3.8) is 0 Å². The third kappa shape index (κ3) is 5.93. The molecule has 0 bridgehead atoms. The fraction of sp³-hybridized carbons (Fsp3) is 0.222. The van der Waals surface area contributed by atoms with E-state index in [4.69, 9.17) is 19.9 Å². The first-order chi connectivity index (χ1) is 13.4. The van der Waals surface area contributed by atoms with Crippen LogP contribution in [0.1, 0.15) is 20.7 Å². The molecule has 0 aliphatic carbocycles. The molecule has 2 N–H and O–H groups in total. The van der Waals surface area contributed by atoms with Gasteiger partial charge in [0.25, 0.3) is 23.6 Å². The van der Waals surface area contributed by atoms with Gasteiger partial charge in [-0.25, -0.2) is 0 Å². The van der Waals surface area contributed by atoms with E-state index in [0.717, 1.165) is 12.2 Å². The molecule has 0 spiro atoms. The topological polar surface area (TPSA) is 134 Å². The minimum absolute atomic E-state index is 0.00237. The number of rotatable bonds is 10. The standard InChI is InChI=1S/C18H20N2O8/c1-3-15(23)19(27-11-9-21)17(25)13-5-7-14(8-6-13)18(26)20(16(24)4-2)28-12-10-22/h3-8,21-22H,1-2,9-12H2. The highest BCUT2D eigenvalue weighted by Crippen LogP contribution is 2.12. The molecule has 4 amide bonds. The number of hydrogen-bond donors (Lipinski definition) is 2. The van der Waals surface area contributed by atoms with Gasteiger partial charge < -0.3 is 10.2 Å². The summed E-state index contributed by atoms with van der Waals surface area (Å²) in [7, 11) is 0. The van der Waals surface area contributed by atoms with Gasteiger partial charge >= 0.3 is 0 Å². The van der Waals surface area contributed by atoms with E-state index in [0.29, 0.717) is 10.1 Å². The van der Waals surface area contributed by atoms with Gasteiger partial charge in [-0.15, -0.1) is 10.1 Å². The lowest BCUT2D eigenvalue weighted by Gasteiger charge is -2.19. The highest BCUT2D eigenvalue weighted by molar-refractivity contribution is 6.09. The number of amides is 4. The molecule has 10 heteroatoms. The van der Waals surface area contributed by atoms with Gasteiger partial charge in [-0.1, -0.05) is 13.2 Å². The third-order valence-electron chi connectivity index (χ3n) is 3.12. The maximum absolute atomic E-state index is 12.4. The SMILES string of the molecule is C=CC(=O)N(OCCO)C(=O)c1ccc(C(=O)N(OCCO)C(=O)C=C)cc1. The summed E-state index contributed by atoms with van der Waals surface area (Å²) < 4.78 is 0. The second-order valence-electron chi connectivity index (χ2n) is 4.97. The molecule has 28 heavy (non-hydrogen) atoms. The Bertz CT molecular complexity index is 681. The first-order valence-electron chi connectivity index (χ1n) is 8.00. The average molecular weight is 392 g/mol. The van der Waals surface area contributed by atoms with Gasteiger partial charge in [-0.3, -0.25) is 28.9 Å². The van der Waals surface area contributed by atoms with Crippen molar-refractivity contribution in [3.05, 3.63) is 60.7 Å². The van der Waals surface area contributed by atoms with Crippen LogP contribution in [0.4, 0.5) is 0 Å². The Labute approximate surface area is 160 Å². The Morgan fingerprint density at radius 2 is 1.11 bits per heavy atom. The summed E-state index contributed by atoms with van der Waals surface area (Å²) >= 11 is 0. The third-order valence-corrected chi connectivity index (χ3v) is 3.12. The molecule has 1 aromatic carbocycles. The predicted octanol–water partition coefficient (Wildman–Crippen LogP) is -0.156. The van der Waals surface area contributed by atoms with Gasteiger partial charge in [0.2, 0.25) is 0 Å². The normalized spacial score (nSPS) is 10.1. The summed E-state index contributed by atoms with van der Waals surface area (Å²) in [5.41, 5.74) is 0.00475. The molecule has 0 unspecified atom stereocenters. The van der Waals surface area contributed by atoms with E-state index in [-0.39, 0.29) is 24.3 Å². The molecule has 0 saturated heterocycles. The van der Waals surface area contributed by atoms with Crippen molar-refractivity contribution in [1.29, 1.82) is 0 Å². The smallest absolute Gasteiger partial charge is 0.285 e. The number of aliphatic hydroxyl groups excluding tert-OH is 2. The summed E-state index contributed by atoms with van der Waals surface area (Å²) in [5, 5.41) is 18.4. The molecule has 0 saturated carbocycles. The van der Waals surface area contributed by atoms with Crippen LogP contribution in [0, 0.1) is 0 Å². The number of carbonyl (C=O) groups excluding carboxylic acids is 4. The van der Waals surface area contributed by atoms with Gasteiger partial charge in [-0.05, 0) is 36.4 Å². The second kappa shape index (κ2) is 11.5. The molecule has 1 rings (SSSR count). The lowest BCUT2D eigenvalue weighted by atomic mass is 10.1. The summed E-state index contributed by atoms with van der Waals surface area (Å²) in [6.45, 7) is 5.12. The highest BCUT2D eigenvalue weighted by Gasteiger charge is 2.25. The van der Waals surface area contributed by atoms with Crippen LogP contribution in [0.15, 0.2) is 49.6 Å². The number of carbonyl (C=O) groups is 4. The average Bonchev–Trinajstić information content (AvgIpc) is 2.73. The van der Waals surface area contributed by atoms with Crippen molar-refractivity contribution < 1.29 is 39.1 Å². The van der Waals surface area contributed by atoms with Crippen LogP contribution in [-0.2, 0) is 19.3 Å². The van der Waals surface area contributed by atoms with E-state index < -0.39 is 36.8 Å². The number of benzene rings is 1. The molecule has 0 aliphatic rings. The monoisotopic (exact) mass is 392 g/mol. The quantitative estimate of drug-likeness (QED) is 0.415. The van der Waals surface area contributed by atoms with E-state index in [1.54, 1.807) is 0 Å². The van der Waals surface area contributed by atoms with Crippen molar-refractivity contribution >= 4 is 23.6 Å². The molecule has 0 radical (unpaired) electrons. The van der Waals surface area contributed by atoms with E-state index in [9.17, 15) is 19.2 Å². The van der Waals surface area contributed by atoms with Gasteiger partial charge in [0.15, 0.2) is 0 Å². The number of hydrogen-bond acceptors (Lipinski definition) is 8. The molecule has 1 aromatic rings. The summed E-state index contributed by atoms with van der Waals surface area (Å²) in [6, 6.07) is 4.96. The van der Waals surface area contributed by atoms with E-state index >= 15 is 0 Å². The van der Waals surface area contributed by atoms with Crippen LogP contribution in [0.3, 0.4) is 0 Å². The fourth-order valence-electron chi connectivity index (χ4n) is 1.86. The highest BCUT2D eigenvalue weighted by atomic mass is 16.7. The summed E-state index contributed by atoms with van der Waals surface area (Å²) in [5.74, 6) is -3.35. The molecule has 0 fully saturated rings. The Balaban J connectivity index is 3.04.